The van der Waals surface area contributed by atoms with Crippen molar-refractivity contribution in [2.24, 2.45) is 0 Å². The molecule has 0 N–H and O–H groups in total. The van der Waals surface area contributed by atoms with E-state index < -0.39 is 11.0 Å². The van der Waals surface area contributed by atoms with Crippen LogP contribution in [0.2, 0.25) is 0 Å². The van der Waals surface area contributed by atoms with E-state index in [1.165, 1.54) is 5.56 Å². The summed E-state index contributed by atoms with van der Waals surface area (Å²) in [5.74, 6) is 2.56. The SMILES string of the molecule is CCC1(CC)c2cc(F)ccc2-c2c1c1c(c3cc(OC)c(OC)cc23)OC(c2ccccc2)(c2ccc(OC)cc2)C=C1. The summed E-state index contributed by atoms with van der Waals surface area (Å²) in [5.41, 5.74) is 6.03. The molecule has 4 nitrogen and oxygen atoms in total. The van der Waals surface area contributed by atoms with Gasteiger partial charge in [-0.2, -0.15) is 0 Å². The first-order valence-corrected chi connectivity index (χ1v) is 15.1. The lowest BCUT2D eigenvalue weighted by Crippen LogP contribution is -2.35. The van der Waals surface area contributed by atoms with Gasteiger partial charge in [-0.25, -0.2) is 4.39 Å². The predicted octanol–water partition coefficient (Wildman–Crippen LogP) is 9.44. The number of methoxy groups -OCH3 is 3. The number of rotatable bonds is 7. The van der Waals surface area contributed by atoms with Gasteiger partial charge in [0.2, 0.25) is 0 Å². The van der Waals surface area contributed by atoms with Crippen LogP contribution in [-0.2, 0) is 11.0 Å². The maximum Gasteiger partial charge on any atom is 0.178 e. The third-order valence-corrected chi connectivity index (χ3v) is 9.72. The van der Waals surface area contributed by atoms with Gasteiger partial charge in [-0.05, 0) is 83.0 Å². The van der Waals surface area contributed by atoms with Gasteiger partial charge in [-0.3, -0.25) is 0 Å². The van der Waals surface area contributed by atoms with Gasteiger partial charge in [0, 0.05) is 27.5 Å². The molecule has 1 unspecified atom stereocenters. The molecule has 44 heavy (non-hydrogen) atoms. The van der Waals surface area contributed by atoms with Gasteiger partial charge in [-0.15, -0.1) is 0 Å². The van der Waals surface area contributed by atoms with Crippen molar-refractivity contribution < 1.29 is 23.3 Å². The second-order valence-electron chi connectivity index (χ2n) is 11.5. The van der Waals surface area contributed by atoms with Gasteiger partial charge in [0.15, 0.2) is 17.1 Å². The lowest BCUT2D eigenvalue weighted by molar-refractivity contribution is 0.163. The quantitative estimate of drug-likeness (QED) is 0.190. The number of halogens is 1. The van der Waals surface area contributed by atoms with Crippen LogP contribution < -0.4 is 18.9 Å². The molecular weight excluding hydrogens is 551 g/mol. The molecule has 5 aromatic rings. The zero-order valence-corrected chi connectivity index (χ0v) is 25.7. The molecule has 5 aromatic carbocycles. The fourth-order valence-corrected chi connectivity index (χ4v) is 7.49. The van der Waals surface area contributed by atoms with Crippen LogP contribution in [0.15, 0.2) is 91.0 Å². The molecule has 0 amide bonds. The van der Waals surface area contributed by atoms with Crippen LogP contribution in [0, 0.1) is 5.82 Å². The number of hydrogen-bond donors (Lipinski definition) is 0. The Morgan fingerprint density at radius 3 is 2.02 bits per heavy atom. The summed E-state index contributed by atoms with van der Waals surface area (Å²) in [6, 6.07) is 27.6. The number of fused-ring (bicyclic) bond motifs is 8. The molecule has 7 rings (SSSR count). The number of benzene rings is 5. The van der Waals surface area contributed by atoms with Gasteiger partial charge in [0.25, 0.3) is 0 Å². The van der Waals surface area contributed by atoms with E-state index in [1.54, 1.807) is 33.5 Å². The molecule has 1 atom stereocenters. The van der Waals surface area contributed by atoms with Gasteiger partial charge in [0.05, 0.1) is 21.3 Å². The van der Waals surface area contributed by atoms with E-state index >= 15 is 0 Å². The minimum atomic E-state index is -0.909. The Morgan fingerprint density at radius 1 is 0.727 bits per heavy atom. The maximum atomic E-state index is 14.9. The molecule has 2 aliphatic rings. The van der Waals surface area contributed by atoms with Gasteiger partial charge >= 0.3 is 0 Å². The van der Waals surface area contributed by atoms with E-state index in [0.29, 0.717) is 11.5 Å². The molecule has 0 radical (unpaired) electrons. The molecule has 0 spiro atoms. The van der Waals surface area contributed by atoms with Crippen molar-refractivity contribution in [2.75, 3.05) is 21.3 Å². The summed E-state index contributed by atoms with van der Waals surface area (Å²) < 4.78 is 39.4. The number of ether oxygens (including phenoxy) is 4. The van der Waals surface area contributed by atoms with Crippen molar-refractivity contribution in [3.63, 3.8) is 0 Å². The summed E-state index contributed by atoms with van der Waals surface area (Å²) in [6.07, 6.45) is 6.01. The molecule has 1 aliphatic heterocycles. The van der Waals surface area contributed by atoms with Gasteiger partial charge in [0.1, 0.15) is 17.3 Å². The topological polar surface area (TPSA) is 36.9 Å². The highest BCUT2D eigenvalue weighted by molar-refractivity contribution is 6.09. The van der Waals surface area contributed by atoms with E-state index in [9.17, 15) is 4.39 Å². The highest BCUT2D eigenvalue weighted by Gasteiger charge is 2.47. The van der Waals surface area contributed by atoms with Gasteiger partial charge < -0.3 is 18.9 Å². The molecule has 0 saturated carbocycles. The third kappa shape index (κ3) is 3.81. The fraction of sp³-hybridized carbons (Fsp3) is 0.231. The second-order valence-corrected chi connectivity index (χ2v) is 11.5. The first kappa shape index (κ1) is 28.0. The first-order chi connectivity index (χ1) is 21.4. The molecule has 0 saturated heterocycles. The summed E-state index contributed by atoms with van der Waals surface area (Å²) in [4.78, 5) is 0. The van der Waals surface area contributed by atoms with Crippen LogP contribution in [-0.4, -0.2) is 21.3 Å². The Bertz CT molecular complexity index is 1920. The Kier molecular flexibility index (Phi) is 6.65. The molecule has 1 heterocycles. The largest absolute Gasteiger partial charge is 0.497 e. The normalized spacial score (nSPS) is 17.4. The molecule has 0 bridgehead atoms. The molecule has 222 valence electrons. The van der Waals surface area contributed by atoms with Crippen molar-refractivity contribution >= 4 is 16.8 Å². The highest BCUT2D eigenvalue weighted by Crippen LogP contribution is 2.61. The van der Waals surface area contributed by atoms with E-state index in [1.807, 2.05) is 48.5 Å². The van der Waals surface area contributed by atoms with Crippen molar-refractivity contribution in [1.29, 1.82) is 0 Å². The zero-order valence-electron chi connectivity index (χ0n) is 25.7. The monoisotopic (exact) mass is 586 g/mol. The van der Waals surface area contributed by atoms with Crippen LogP contribution in [0.3, 0.4) is 0 Å². The molecular formula is C39H35FO4. The summed E-state index contributed by atoms with van der Waals surface area (Å²) in [6.45, 7) is 4.38. The van der Waals surface area contributed by atoms with Crippen LogP contribution in [0.1, 0.15) is 54.5 Å². The van der Waals surface area contributed by atoms with Crippen molar-refractivity contribution in [1.82, 2.24) is 0 Å². The van der Waals surface area contributed by atoms with Crippen LogP contribution >= 0.6 is 0 Å². The Labute approximate surface area is 257 Å². The van der Waals surface area contributed by atoms with E-state index in [0.717, 1.165) is 68.5 Å². The van der Waals surface area contributed by atoms with E-state index in [-0.39, 0.29) is 5.82 Å². The molecule has 5 heteroatoms. The van der Waals surface area contributed by atoms with Crippen LogP contribution in [0.4, 0.5) is 4.39 Å². The predicted molar refractivity (Wildman–Crippen MR) is 174 cm³/mol. The van der Waals surface area contributed by atoms with Crippen LogP contribution in [0.25, 0.3) is 28.0 Å². The fourth-order valence-electron chi connectivity index (χ4n) is 7.49. The van der Waals surface area contributed by atoms with Crippen LogP contribution in [0.5, 0.6) is 23.0 Å². The third-order valence-electron chi connectivity index (χ3n) is 9.72. The minimum Gasteiger partial charge on any atom is -0.497 e. The molecule has 1 aliphatic carbocycles. The second kappa shape index (κ2) is 10.4. The van der Waals surface area contributed by atoms with Crippen molar-refractivity contribution in [2.45, 2.75) is 37.7 Å². The Hall–Kier alpha value is -4.77. The lowest BCUT2D eigenvalue weighted by atomic mass is 9.71. The Balaban J connectivity index is 1.61. The minimum absolute atomic E-state index is 0.227. The van der Waals surface area contributed by atoms with E-state index in [2.05, 4.69) is 50.3 Å². The highest BCUT2D eigenvalue weighted by atomic mass is 19.1. The van der Waals surface area contributed by atoms with Crippen molar-refractivity contribution in [3.05, 3.63) is 125 Å². The smallest absolute Gasteiger partial charge is 0.178 e. The average molecular weight is 587 g/mol. The summed E-state index contributed by atoms with van der Waals surface area (Å²) in [7, 11) is 4.96. The lowest BCUT2D eigenvalue weighted by Gasteiger charge is -2.39. The van der Waals surface area contributed by atoms with Crippen molar-refractivity contribution in [3.8, 4) is 34.1 Å². The van der Waals surface area contributed by atoms with E-state index in [4.69, 9.17) is 18.9 Å². The maximum absolute atomic E-state index is 14.9. The zero-order chi connectivity index (χ0) is 30.6. The summed E-state index contributed by atoms with van der Waals surface area (Å²) >= 11 is 0. The summed E-state index contributed by atoms with van der Waals surface area (Å²) in [5, 5.41) is 1.90. The first-order valence-electron chi connectivity index (χ1n) is 15.1. The standard InChI is InChI=1S/C39H35FO4/c1-6-38(7-2)32-21-26(40)15-18-28(32)35-30-22-33(42-4)34(43-5)23-31(30)37-29(36(35)38)19-20-39(44-37,24-11-9-8-10-12-24)25-13-16-27(41-3)17-14-25/h8-23H,6-7H2,1-5H3. The van der Waals surface area contributed by atoms with Gasteiger partial charge in [-0.1, -0.05) is 68.5 Å². The number of hydrogen-bond acceptors (Lipinski definition) is 4. The molecule has 0 aromatic heterocycles. The molecule has 0 fully saturated rings. The Morgan fingerprint density at radius 2 is 1.39 bits per heavy atom. The average Bonchev–Trinajstić information content (AvgIpc) is 3.37.